The summed E-state index contributed by atoms with van der Waals surface area (Å²) in [5.41, 5.74) is 0.836. The second-order valence-electron chi connectivity index (χ2n) is 6.06. The fraction of sp³-hybridized carbons (Fsp3) is 0.526. The van der Waals surface area contributed by atoms with Gasteiger partial charge in [-0.25, -0.2) is 4.99 Å². The maximum absolute atomic E-state index is 5.38. The number of aryl methyl sites for hydroxylation is 1. The van der Waals surface area contributed by atoms with E-state index in [2.05, 4.69) is 25.8 Å². The largest absolute Gasteiger partial charge is 0.493 e. The average Bonchev–Trinajstić information content (AvgIpc) is 3.03. The first-order chi connectivity index (χ1) is 13.6. The molecule has 0 spiro atoms. The molecule has 9 nitrogen and oxygen atoms in total. The van der Waals surface area contributed by atoms with E-state index >= 15 is 0 Å². The zero-order valence-electron chi connectivity index (χ0n) is 17.3. The van der Waals surface area contributed by atoms with Gasteiger partial charge in [-0.3, -0.25) is 0 Å². The maximum Gasteiger partial charge on any atom is 0.196 e. The molecule has 0 atom stereocenters. The van der Waals surface area contributed by atoms with Crippen LogP contribution in [0, 0.1) is 6.92 Å². The number of anilines is 1. The Labute approximate surface area is 166 Å². The molecular weight excluding hydrogens is 360 g/mol. The third kappa shape index (κ3) is 6.12. The van der Waals surface area contributed by atoms with E-state index in [1.165, 1.54) is 0 Å². The summed E-state index contributed by atoms with van der Waals surface area (Å²) in [6, 6.07) is 5.62. The molecule has 0 fully saturated rings. The van der Waals surface area contributed by atoms with Crippen molar-refractivity contribution in [1.29, 1.82) is 0 Å². The Bertz CT molecular complexity index is 775. The minimum atomic E-state index is 0.408. The molecule has 0 bridgehead atoms. The number of hydrogen-bond donors (Lipinski definition) is 2. The molecule has 0 saturated carbocycles. The highest BCUT2D eigenvalue weighted by atomic mass is 16.5. The van der Waals surface area contributed by atoms with Crippen LogP contribution in [0.1, 0.15) is 25.0 Å². The zero-order valence-corrected chi connectivity index (χ0v) is 17.3. The Hall–Kier alpha value is -2.81. The van der Waals surface area contributed by atoms with Gasteiger partial charge in [-0.1, -0.05) is 0 Å². The standard InChI is InChI=1S/C19H30N6O3/c1-6-28-11-7-10-20-19(21-13-18-24-23-14(2)25(18)3)22-15-8-9-16(26-4)17(12-15)27-5/h8-9,12H,6-7,10-11,13H2,1-5H3,(H2,20,21,22). The van der Waals surface area contributed by atoms with Gasteiger partial charge in [0.05, 0.1) is 14.2 Å². The van der Waals surface area contributed by atoms with Gasteiger partial charge in [0, 0.05) is 38.6 Å². The highest BCUT2D eigenvalue weighted by Crippen LogP contribution is 2.29. The average molecular weight is 390 g/mol. The molecule has 154 valence electrons. The van der Waals surface area contributed by atoms with Crippen LogP contribution >= 0.6 is 0 Å². The van der Waals surface area contributed by atoms with Crippen LogP contribution in [0.5, 0.6) is 11.5 Å². The molecule has 1 aromatic heterocycles. The third-order valence-corrected chi connectivity index (χ3v) is 4.17. The van der Waals surface area contributed by atoms with E-state index in [9.17, 15) is 0 Å². The molecule has 2 N–H and O–H groups in total. The molecule has 2 aromatic rings. The summed E-state index contributed by atoms with van der Waals surface area (Å²) in [6.07, 6.45) is 0.879. The van der Waals surface area contributed by atoms with Crippen LogP contribution in [0.4, 0.5) is 5.69 Å². The molecule has 0 unspecified atom stereocenters. The maximum atomic E-state index is 5.38. The van der Waals surface area contributed by atoms with Gasteiger partial charge in [0.2, 0.25) is 0 Å². The first-order valence-electron chi connectivity index (χ1n) is 9.29. The Kier molecular flexibility index (Phi) is 8.54. The summed E-state index contributed by atoms with van der Waals surface area (Å²) in [4.78, 5) is 4.64. The van der Waals surface area contributed by atoms with Crippen molar-refractivity contribution < 1.29 is 14.2 Å². The van der Waals surface area contributed by atoms with Crippen molar-refractivity contribution in [2.45, 2.75) is 26.8 Å². The van der Waals surface area contributed by atoms with Crippen molar-refractivity contribution in [2.75, 3.05) is 39.3 Å². The SMILES string of the molecule is CCOCCCNC(=NCc1nnc(C)n1C)Nc1ccc(OC)c(OC)c1. The fourth-order valence-electron chi connectivity index (χ4n) is 2.45. The van der Waals surface area contributed by atoms with Crippen LogP contribution in [0.15, 0.2) is 23.2 Å². The van der Waals surface area contributed by atoms with Gasteiger partial charge in [-0.05, 0) is 32.4 Å². The lowest BCUT2D eigenvalue weighted by Gasteiger charge is -2.14. The Balaban J connectivity index is 2.10. The quantitative estimate of drug-likeness (QED) is 0.364. The summed E-state index contributed by atoms with van der Waals surface area (Å²) in [5.74, 6) is 3.60. The van der Waals surface area contributed by atoms with Gasteiger partial charge < -0.3 is 29.4 Å². The lowest BCUT2D eigenvalue weighted by atomic mass is 10.2. The summed E-state index contributed by atoms with van der Waals surface area (Å²) in [6.45, 7) is 6.46. The van der Waals surface area contributed by atoms with Gasteiger partial charge in [0.15, 0.2) is 23.3 Å². The van der Waals surface area contributed by atoms with Crippen molar-refractivity contribution in [3.63, 3.8) is 0 Å². The molecule has 2 rings (SSSR count). The number of aliphatic imine (C=N–C) groups is 1. The predicted molar refractivity (Wildman–Crippen MR) is 109 cm³/mol. The number of nitrogens with zero attached hydrogens (tertiary/aromatic N) is 4. The number of methoxy groups -OCH3 is 2. The second-order valence-corrected chi connectivity index (χ2v) is 6.06. The number of ether oxygens (including phenoxy) is 3. The van der Waals surface area contributed by atoms with E-state index in [-0.39, 0.29) is 0 Å². The van der Waals surface area contributed by atoms with Crippen molar-refractivity contribution in [3.8, 4) is 11.5 Å². The summed E-state index contributed by atoms with van der Waals surface area (Å²) in [5, 5.41) is 14.8. The van der Waals surface area contributed by atoms with Crippen LogP contribution in [-0.4, -0.2) is 54.7 Å². The minimum Gasteiger partial charge on any atom is -0.493 e. The van der Waals surface area contributed by atoms with Crippen LogP contribution in [0.2, 0.25) is 0 Å². The molecule has 0 saturated heterocycles. The van der Waals surface area contributed by atoms with E-state index in [0.29, 0.717) is 30.6 Å². The first kappa shape index (κ1) is 21.5. The van der Waals surface area contributed by atoms with E-state index in [0.717, 1.165) is 36.9 Å². The van der Waals surface area contributed by atoms with Gasteiger partial charge >= 0.3 is 0 Å². The van der Waals surface area contributed by atoms with Crippen molar-refractivity contribution >= 4 is 11.6 Å². The number of guanidine groups is 1. The van der Waals surface area contributed by atoms with Gasteiger partial charge in [-0.2, -0.15) is 0 Å². The number of benzene rings is 1. The zero-order chi connectivity index (χ0) is 20.4. The van der Waals surface area contributed by atoms with Crippen molar-refractivity contribution in [2.24, 2.45) is 12.0 Å². The Morgan fingerprint density at radius 3 is 2.61 bits per heavy atom. The van der Waals surface area contributed by atoms with Crippen molar-refractivity contribution in [1.82, 2.24) is 20.1 Å². The molecule has 0 aliphatic heterocycles. The smallest absolute Gasteiger partial charge is 0.196 e. The highest BCUT2D eigenvalue weighted by molar-refractivity contribution is 5.93. The lowest BCUT2D eigenvalue weighted by molar-refractivity contribution is 0.146. The van der Waals surface area contributed by atoms with Crippen LogP contribution < -0.4 is 20.1 Å². The van der Waals surface area contributed by atoms with E-state index < -0.39 is 0 Å². The number of rotatable bonds is 10. The van der Waals surface area contributed by atoms with Crippen LogP contribution in [-0.2, 0) is 18.3 Å². The van der Waals surface area contributed by atoms with Crippen molar-refractivity contribution in [3.05, 3.63) is 29.8 Å². The number of hydrogen-bond acceptors (Lipinski definition) is 6. The Morgan fingerprint density at radius 1 is 1.18 bits per heavy atom. The summed E-state index contributed by atoms with van der Waals surface area (Å²) < 4.78 is 18.0. The molecule has 1 aromatic carbocycles. The van der Waals surface area contributed by atoms with Gasteiger partial charge in [-0.15, -0.1) is 10.2 Å². The molecule has 9 heteroatoms. The van der Waals surface area contributed by atoms with Gasteiger partial charge in [0.1, 0.15) is 12.4 Å². The topological polar surface area (TPSA) is 94.8 Å². The molecule has 28 heavy (non-hydrogen) atoms. The highest BCUT2D eigenvalue weighted by Gasteiger charge is 2.08. The Morgan fingerprint density at radius 2 is 1.96 bits per heavy atom. The molecule has 0 radical (unpaired) electrons. The van der Waals surface area contributed by atoms with Gasteiger partial charge in [0.25, 0.3) is 0 Å². The normalized spacial score (nSPS) is 11.4. The van der Waals surface area contributed by atoms with E-state index in [1.54, 1.807) is 14.2 Å². The minimum absolute atomic E-state index is 0.408. The number of nitrogens with one attached hydrogen (secondary N) is 2. The predicted octanol–water partition coefficient (Wildman–Crippen LogP) is 2.13. The molecule has 1 heterocycles. The summed E-state index contributed by atoms with van der Waals surface area (Å²) in [7, 11) is 5.15. The van der Waals surface area contributed by atoms with E-state index in [4.69, 9.17) is 14.2 Å². The monoisotopic (exact) mass is 390 g/mol. The number of aromatic nitrogens is 3. The molecule has 0 amide bonds. The first-order valence-corrected chi connectivity index (χ1v) is 9.29. The van der Waals surface area contributed by atoms with Crippen LogP contribution in [0.25, 0.3) is 0 Å². The second kappa shape index (κ2) is 11.1. The fourth-order valence-corrected chi connectivity index (χ4v) is 2.45. The summed E-state index contributed by atoms with van der Waals surface area (Å²) >= 11 is 0. The lowest BCUT2D eigenvalue weighted by Crippen LogP contribution is -2.32. The molecule has 0 aliphatic rings. The molecular formula is C19H30N6O3. The van der Waals surface area contributed by atoms with E-state index in [1.807, 2.05) is 43.7 Å². The molecule has 0 aliphatic carbocycles. The van der Waals surface area contributed by atoms with Crippen LogP contribution in [0.3, 0.4) is 0 Å². The third-order valence-electron chi connectivity index (χ3n) is 4.17.